The number of aliphatic carboxylic acids is 1. The van der Waals surface area contributed by atoms with Crippen LogP contribution in [0.2, 0.25) is 0 Å². The SMILES string of the molecule is O=C(O)C1=C(c2ccccc2F)CCC1. The monoisotopic (exact) mass is 206 g/mol. The molecule has 1 aromatic rings. The third kappa shape index (κ3) is 1.77. The molecule has 1 aliphatic rings. The summed E-state index contributed by atoms with van der Waals surface area (Å²) in [6.45, 7) is 0. The zero-order valence-electron chi connectivity index (χ0n) is 8.16. The van der Waals surface area contributed by atoms with Crippen molar-refractivity contribution in [1.82, 2.24) is 0 Å². The highest BCUT2D eigenvalue weighted by Crippen LogP contribution is 2.34. The van der Waals surface area contributed by atoms with Crippen LogP contribution < -0.4 is 0 Å². The molecule has 0 bridgehead atoms. The number of carbonyl (C=O) groups is 1. The van der Waals surface area contributed by atoms with Crippen LogP contribution >= 0.6 is 0 Å². The maximum absolute atomic E-state index is 13.5. The Morgan fingerprint density at radius 1 is 1.27 bits per heavy atom. The van der Waals surface area contributed by atoms with Gasteiger partial charge in [0.2, 0.25) is 0 Å². The third-order valence-corrected chi connectivity index (χ3v) is 2.67. The number of benzene rings is 1. The number of carboxylic acid groups (broad SMARTS) is 1. The summed E-state index contributed by atoms with van der Waals surface area (Å²) in [6.07, 6.45) is 1.99. The molecule has 0 aliphatic heterocycles. The van der Waals surface area contributed by atoms with Crippen molar-refractivity contribution >= 4 is 11.5 Å². The summed E-state index contributed by atoms with van der Waals surface area (Å²) in [7, 11) is 0. The van der Waals surface area contributed by atoms with E-state index >= 15 is 0 Å². The zero-order chi connectivity index (χ0) is 10.8. The molecule has 2 nitrogen and oxygen atoms in total. The van der Waals surface area contributed by atoms with Gasteiger partial charge in [-0.25, -0.2) is 9.18 Å². The molecule has 15 heavy (non-hydrogen) atoms. The summed E-state index contributed by atoms with van der Waals surface area (Å²) >= 11 is 0. The molecule has 2 rings (SSSR count). The van der Waals surface area contributed by atoms with Crippen LogP contribution in [0.5, 0.6) is 0 Å². The third-order valence-electron chi connectivity index (χ3n) is 2.67. The summed E-state index contributed by atoms with van der Waals surface area (Å²) in [6, 6.07) is 6.33. The first kappa shape index (κ1) is 9.90. The van der Waals surface area contributed by atoms with Gasteiger partial charge in [-0.1, -0.05) is 18.2 Å². The van der Waals surface area contributed by atoms with Gasteiger partial charge in [0.25, 0.3) is 0 Å². The van der Waals surface area contributed by atoms with E-state index in [1.165, 1.54) is 6.07 Å². The minimum absolute atomic E-state index is 0.340. The Balaban J connectivity index is 2.51. The molecule has 3 heteroatoms. The van der Waals surface area contributed by atoms with E-state index in [2.05, 4.69) is 0 Å². The number of halogens is 1. The molecule has 0 saturated carbocycles. The first-order valence-electron chi connectivity index (χ1n) is 4.90. The molecule has 0 amide bonds. The Morgan fingerprint density at radius 3 is 2.67 bits per heavy atom. The van der Waals surface area contributed by atoms with Crippen molar-refractivity contribution in [3.8, 4) is 0 Å². The molecule has 0 fully saturated rings. The summed E-state index contributed by atoms with van der Waals surface area (Å²) in [5, 5.41) is 8.96. The molecule has 0 aromatic heterocycles. The zero-order valence-corrected chi connectivity index (χ0v) is 8.16. The largest absolute Gasteiger partial charge is 0.478 e. The van der Waals surface area contributed by atoms with E-state index in [9.17, 15) is 9.18 Å². The van der Waals surface area contributed by atoms with E-state index in [0.29, 0.717) is 29.6 Å². The van der Waals surface area contributed by atoms with Crippen LogP contribution in [-0.4, -0.2) is 11.1 Å². The van der Waals surface area contributed by atoms with Crippen molar-refractivity contribution in [2.75, 3.05) is 0 Å². The lowest BCUT2D eigenvalue weighted by Crippen LogP contribution is -2.00. The Kier molecular flexibility index (Phi) is 2.54. The van der Waals surface area contributed by atoms with E-state index < -0.39 is 5.97 Å². The standard InChI is InChI=1S/C12H11FO2/c13-11-7-2-1-4-9(11)8-5-3-6-10(8)12(14)15/h1-2,4,7H,3,5-6H2,(H,14,15). The quantitative estimate of drug-likeness (QED) is 0.807. The lowest BCUT2D eigenvalue weighted by Gasteiger charge is -2.05. The van der Waals surface area contributed by atoms with Gasteiger partial charge < -0.3 is 5.11 Å². The smallest absolute Gasteiger partial charge is 0.331 e. The number of hydrogen-bond acceptors (Lipinski definition) is 1. The molecule has 0 heterocycles. The van der Waals surface area contributed by atoms with Gasteiger partial charge >= 0.3 is 5.97 Å². The number of carboxylic acids is 1. The number of allylic oxidation sites excluding steroid dienone is 1. The molecule has 0 saturated heterocycles. The molecule has 0 spiro atoms. The molecule has 1 N–H and O–H groups in total. The summed E-state index contributed by atoms with van der Waals surface area (Å²) in [4.78, 5) is 10.9. The number of hydrogen-bond donors (Lipinski definition) is 1. The van der Waals surface area contributed by atoms with Gasteiger partial charge in [0, 0.05) is 11.1 Å². The summed E-state index contributed by atoms with van der Waals surface area (Å²) in [5.41, 5.74) is 1.45. The van der Waals surface area contributed by atoms with E-state index in [1.807, 2.05) is 0 Å². The van der Waals surface area contributed by atoms with Gasteiger partial charge in [-0.15, -0.1) is 0 Å². The van der Waals surface area contributed by atoms with Crippen LogP contribution in [0, 0.1) is 5.82 Å². The second-order valence-corrected chi connectivity index (χ2v) is 3.60. The molecule has 78 valence electrons. The molecule has 0 radical (unpaired) electrons. The average Bonchev–Trinajstić information content (AvgIpc) is 2.67. The predicted octanol–water partition coefficient (Wildman–Crippen LogP) is 2.85. The highest BCUT2D eigenvalue weighted by Gasteiger charge is 2.22. The molecule has 1 aromatic carbocycles. The predicted molar refractivity (Wildman–Crippen MR) is 54.8 cm³/mol. The Morgan fingerprint density at radius 2 is 2.00 bits per heavy atom. The summed E-state index contributed by atoms with van der Waals surface area (Å²) in [5.74, 6) is -1.26. The van der Waals surface area contributed by atoms with E-state index in [1.54, 1.807) is 18.2 Å². The fraction of sp³-hybridized carbons (Fsp3) is 0.250. The first-order chi connectivity index (χ1) is 7.20. The Labute approximate surface area is 87.0 Å². The van der Waals surface area contributed by atoms with Crippen molar-refractivity contribution < 1.29 is 14.3 Å². The fourth-order valence-corrected chi connectivity index (χ4v) is 1.98. The Hall–Kier alpha value is -1.64. The van der Waals surface area contributed by atoms with Crippen LogP contribution in [0.3, 0.4) is 0 Å². The lowest BCUT2D eigenvalue weighted by atomic mass is 10.0. The maximum Gasteiger partial charge on any atom is 0.331 e. The minimum atomic E-state index is -0.925. The van der Waals surface area contributed by atoms with Crippen molar-refractivity contribution in [1.29, 1.82) is 0 Å². The van der Waals surface area contributed by atoms with Gasteiger partial charge in [0.15, 0.2) is 0 Å². The topological polar surface area (TPSA) is 37.3 Å². The molecular weight excluding hydrogens is 195 g/mol. The van der Waals surface area contributed by atoms with Crippen LogP contribution in [0.1, 0.15) is 24.8 Å². The molecule has 0 atom stereocenters. The van der Waals surface area contributed by atoms with Gasteiger partial charge in [0.05, 0.1) is 0 Å². The van der Waals surface area contributed by atoms with Gasteiger partial charge in [-0.05, 0) is 30.9 Å². The average molecular weight is 206 g/mol. The normalized spacial score (nSPS) is 15.8. The Bertz CT molecular complexity index is 435. The van der Waals surface area contributed by atoms with Crippen LogP contribution in [0.25, 0.3) is 5.57 Å². The first-order valence-corrected chi connectivity index (χ1v) is 4.90. The van der Waals surface area contributed by atoms with Crippen LogP contribution in [-0.2, 0) is 4.79 Å². The van der Waals surface area contributed by atoms with Gasteiger partial charge in [0.1, 0.15) is 5.82 Å². The fourth-order valence-electron chi connectivity index (χ4n) is 1.98. The van der Waals surface area contributed by atoms with E-state index in [0.717, 1.165) is 6.42 Å². The van der Waals surface area contributed by atoms with Crippen molar-refractivity contribution in [2.24, 2.45) is 0 Å². The van der Waals surface area contributed by atoms with Crippen LogP contribution in [0.4, 0.5) is 4.39 Å². The molecular formula is C12H11FO2. The summed E-state index contributed by atoms with van der Waals surface area (Å²) < 4.78 is 13.5. The lowest BCUT2D eigenvalue weighted by molar-refractivity contribution is -0.132. The minimum Gasteiger partial charge on any atom is -0.478 e. The number of rotatable bonds is 2. The molecule has 1 aliphatic carbocycles. The van der Waals surface area contributed by atoms with Crippen molar-refractivity contribution in [3.63, 3.8) is 0 Å². The second kappa shape index (κ2) is 3.85. The van der Waals surface area contributed by atoms with Crippen molar-refractivity contribution in [3.05, 3.63) is 41.2 Å². The van der Waals surface area contributed by atoms with E-state index in [-0.39, 0.29) is 5.82 Å². The highest BCUT2D eigenvalue weighted by atomic mass is 19.1. The second-order valence-electron chi connectivity index (χ2n) is 3.60. The van der Waals surface area contributed by atoms with E-state index in [4.69, 9.17) is 5.11 Å². The highest BCUT2D eigenvalue weighted by molar-refractivity contribution is 5.97. The van der Waals surface area contributed by atoms with Gasteiger partial charge in [-0.3, -0.25) is 0 Å². The van der Waals surface area contributed by atoms with Crippen molar-refractivity contribution in [2.45, 2.75) is 19.3 Å². The molecule has 0 unspecified atom stereocenters. The maximum atomic E-state index is 13.5. The van der Waals surface area contributed by atoms with Gasteiger partial charge in [-0.2, -0.15) is 0 Å². The van der Waals surface area contributed by atoms with Crippen LogP contribution in [0.15, 0.2) is 29.8 Å².